The van der Waals surface area contributed by atoms with E-state index < -0.39 is 5.60 Å². The first kappa shape index (κ1) is 34.8. The highest BCUT2D eigenvalue weighted by Crippen LogP contribution is 2.37. The normalized spacial score (nSPS) is 22.4. The average Bonchev–Trinajstić information content (AvgIpc) is 3.71. The predicted molar refractivity (Wildman–Crippen MR) is 187 cm³/mol. The summed E-state index contributed by atoms with van der Waals surface area (Å²) >= 11 is 0. The molecule has 3 aromatic heterocycles. The number of anilines is 2. The van der Waals surface area contributed by atoms with E-state index in [1.165, 1.54) is 19.2 Å². The Kier molecular flexibility index (Phi) is 10.7. The van der Waals surface area contributed by atoms with Gasteiger partial charge in [-0.3, -0.25) is 9.58 Å². The highest BCUT2D eigenvalue weighted by atomic mass is 16.5. The Balaban J connectivity index is 1.03. The molecule has 1 aromatic carbocycles. The van der Waals surface area contributed by atoms with Gasteiger partial charge in [0.2, 0.25) is 5.95 Å². The standard InChI is InChI=1S/C36H47N11O4/c1-25(20-46-24-40-43-44-46)51-33-16-26(7-8-27(33)17-37)28-18-38-35(39-19-28)41-32-21-47(42-34(32)50-23-36(48)13-5-14-36)30-11-9-29(10-12-30)45(2)31-6-3-4-15-49-22-31/h7-8,16,18-19,21,24-25,29-31,48H,3-6,9-15,20,22-23H2,1-2H3,(H,38,39,41)/t25-,29-,30-,31+/m0/s1. The molecule has 51 heavy (non-hydrogen) atoms. The van der Waals surface area contributed by atoms with E-state index in [2.05, 4.69) is 48.8 Å². The number of rotatable bonds is 13. The zero-order chi connectivity index (χ0) is 35.2. The monoisotopic (exact) mass is 697 g/mol. The van der Waals surface area contributed by atoms with Crippen LogP contribution in [0.3, 0.4) is 0 Å². The molecule has 4 heterocycles. The molecule has 15 heteroatoms. The molecule has 2 aliphatic carbocycles. The summed E-state index contributed by atoms with van der Waals surface area (Å²) in [4.78, 5) is 11.8. The van der Waals surface area contributed by atoms with Gasteiger partial charge in [-0.2, -0.15) is 5.26 Å². The number of nitriles is 1. The van der Waals surface area contributed by atoms with Gasteiger partial charge in [0.05, 0.1) is 36.6 Å². The molecule has 1 aliphatic heterocycles. The second-order valence-electron chi connectivity index (χ2n) is 14.3. The Labute approximate surface area is 297 Å². The summed E-state index contributed by atoms with van der Waals surface area (Å²) in [6.45, 7) is 4.22. The number of nitrogens with one attached hydrogen (secondary N) is 1. The van der Waals surface area contributed by atoms with E-state index in [4.69, 9.17) is 19.3 Å². The number of tetrazole rings is 1. The molecular weight excluding hydrogens is 650 g/mol. The van der Waals surface area contributed by atoms with Gasteiger partial charge in [0, 0.05) is 36.6 Å². The van der Waals surface area contributed by atoms with Gasteiger partial charge in [0.25, 0.3) is 5.88 Å². The molecule has 2 N–H and O–H groups in total. The van der Waals surface area contributed by atoms with E-state index in [0.717, 1.165) is 75.7 Å². The highest BCUT2D eigenvalue weighted by molar-refractivity contribution is 5.67. The number of hydrogen-bond acceptors (Lipinski definition) is 13. The Morgan fingerprint density at radius 1 is 1.10 bits per heavy atom. The Morgan fingerprint density at radius 3 is 2.65 bits per heavy atom. The zero-order valence-electron chi connectivity index (χ0n) is 29.4. The largest absolute Gasteiger partial charge is 0.487 e. The summed E-state index contributed by atoms with van der Waals surface area (Å²) in [5.41, 5.74) is 1.85. The lowest BCUT2D eigenvalue weighted by Crippen LogP contribution is -2.44. The van der Waals surface area contributed by atoms with Crippen molar-refractivity contribution >= 4 is 11.6 Å². The van der Waals surface area contributed by atoms with Crippen LogP contribution in [-0.4, -0.2) is 101 Å². The van der Waals surface area contributed by atoms with Gasteiger partial charge in [0.15, 0.2) is 0 Å². The molecule has 3 fully saturated rings. The molecule has 4 aromatic rings. The van der Waals surface area contributed by atoms with Gasteiger partial charge < -0.3 is 24.6 Å². The lowest BCUT2D eigenvalue weighted by atomic mass is 9.81. The van der Waals surface area contributed by atoms with Gasteiger partial charge in [-0.25, -0.2) is 14.6 Å². The molecule has 0 bridgehead atoms. The summed E-state index contributed by atoms with van der Waals surface area (Å²) in [5, 5.41) is 39.8. The van der Waals surface area contributed by atoms with Crippen LogP contribution in [0.5, 0.6) is 11.6 Å². The van der Waals surface area contributed by atoms with Crippen LogP contribution in [0, 0.1) is 11.3 Å². The van der Waals surface area contributed by atoms with Crippen LogP contribution in [0.2, 0.25) is 0 Å². The van der Waals surface area contributed by atoms with Crippen molar-refractivity contribution < 1.29 is 19.3 Å². The number of aliphatic hydroxyl groups is 1. The molecule has 15 nitrogen and oxygen atoms in total. The van der Waals surface area contributed by atoms with E-state index in [0.29, 0.717) is 47.5 Å². The van der Waals surface area contributed by atoms with E-state index in [9.17, 15) is 10.4 Å². The molecule has 270 valence electrons. The highest BCUT2D eigenvalue weighted by Gasteiger charge is 2.36. The minimum Gasteiger partial charge on any atom is -0.487 e. The fourth-order valence-electron chi connectivity index (χ4n) is 7.26. The van der Waals surface area contributed by atoms with Gasteiger partial charge in [-0.15, -0.1) is 10.2 Å². The fourth-order valence-corrected chi connectivity index (χ4v) is 7.26. The van der Waals surface area contributed by atoms with E-state index >= 15 is 0 Å². The number of likely N-dealkylation sites (N-methyl/N-ethyl adjacent to an activating group) is 1. The molecule has 0 amide bonds. The number of ether oxygens (including phenoxy) is 3. The van der Waals surface area contributed by atoms with Crippen molar-refractivity contribution in [3.8, 4) is 28.8 Å². The first-order valence-electron chi connectivity index (χ1n) is 18.1. The Bertz CT molecular complexity index is 1750. The van der Waals surface area contributed by atoms with E-state index in [1.54, 1.807) is 23.1 Å². The van der Waals surface area contributed by atoms with Crippen molar-refractivity contribution in [2.24, 2.45) is 0 Å². The van der Waals surface area contributed by atoms with Crippen molar-refractivity contribution in [2.45, 2.75) is 108 Å². The molecule has 3 aliphatic rings. The molecule has 0 unspecified atom stereocenters. The maximum atomic E-state index is 10.8. The van der Waals surface area contributed by atoms with Crippen molar-refractivity contribution in [1.29, 1.82) is 5.26 Å². The van der Waals surface area contributed by atoms with Crippen LogP contribution >= 0.6 is 0 Å². The molecule has 7 rings (SSSR count). The Morgan fingerprint density at radius 2 is 1.92 bits per heavy atom. The smallest absolute Gasteiger partial charge is 0.257 e. The summed E-state index contributed by atoms with van der Waals surface area (Å²) in [5.74, 6) is 1.28. The molecular formula is C36H47N11O4. The van der Waals surface area contributed by atoms with Gasteiger partial charge >= 0.3 is 0 Å². The quantitative estimate of drug-likeness (QED) is 0.197. The third kappa shape index (κ3) is 8.46. The van der Waals surface area contributed by atoms with Crippen molar-refractivity contribution in [3.63, 3.8) is 0 Å². The second-order valence-corrected chi connectivity index (χ2v) is 14.3. The van der Waals surface area contributed by atoms with Crippen LogP contribution in [0.1, 0.15) is 82.7 Å². The van der Waals surface area contributed by atoms with Crippen molar-refractivity contribution in [3.05, 3.63) is 48.7 Å². The third-order valence-electron chi connectivity index (χ3n) is 10.5. The third-order valence-corrected chi connectivity index (χ3v) is 10.5. The first-order valence-corrected chi connectivity index (χ1v) is 18.1. The summed E-state index contributed by atoms with van der Waals surface area (Å²) in [7, 11) is 2.26. The number of hydrogen-bond donors (Lipinski definition) is 2. The molecule has 2 saturated carbocycles. The first-order chi connectivity index (χ1) is 24.9. The van der Waals surface area contributed by atoms with Gasteiger partial charge in [-0.05, 0) is 106 Å². The van der Waals surface area contributed by atoms with Crippen molar-refractivity contribution in [2.75, 3.05) is 32.2 Å². The number of benzene rings is 1. The van der Waals surface area contributed by atoms with Gasteiger partial charge in [-0.1, -0.05) is 6.07 Å². The minimum atomic E-state index is -0.807. The second kappa shape index (κ2) is 15.7. The summed E-state index contributed by atoms with van der Waals surface area (Å²) < 4.78 is 21.7. The van der Waals surface area contributed by atoms with E-state index in [-0.39, 0.29) is 18.8 Å². The Hall–Kier alpha value is -4.65. The molecule has 0 spiro atoms. The topological polar surface area (TPSA) is 174 Å². The summed E-state index contributed by atoms with van der Waals surface area (Å²) in [6.07, 6.45) is 16.9. The molecule has 0 radical (unpaired) electrons. The minimum absolute atomic E-state index is 0.191. The molecule has 1 saturated heterocycles. The summed E-state index contributed by atoms with van der Waals surface area (Å²) in [6, 6.07) is 8.87. The van der Waals surface area contributed by atoms with Gasteiger partial charge in [0.1, 0.15) is 36.5 Å². The lowest BCUT2D eigenvalue weighted by Gasteiger charge is -2.38. The SMILES string of the molecule is C[C@@H](Cn1cnnn1)Oc1cc(-c2cnc(Nc3cn([C@H]4CC[C@H](N(C)[C@@H]5CCCCOC5)CC4)nc3OCC3(O)CCC3)nc2)ccc1C#N. The van der Waals surface area contributed by atoms with Crippen LogP contribution < -0.4 is 14.8 Å². The molecule has 2 atom stereocenters. The zero-order valence-corrected chi connectivity index (χ0v) is 29.4. The van der Waals surface area contributed by atoms with E-state index in [1.807, 2.05) is 29.9 Å². The number of nitrogens with zero attached hydrogens (tertiary/aromatic N) is 10. The average molecular weight is 698 g/mol. The maximum absolute atomic E-state index is 10.8. The van der Waals surface area contributed by atoms with Crippen molar-refractivity contribution in [1.82, 2.24) is 44.9 Å². The predicted octanol–water partition coefficient (Wildman–Crippen LogP) is 4.69. The van der Waals surface area contributed by atoms with Crippen LogP contribution in [-0.2, 0) is 11.3 Å². The lowest BCUT2D eigenvalue weighted by molar-refractivity contribution is -0.0672. The van der Waals surface area contributed by atoms with Crippen LogP contribution in [0.15, 0.2) is 43.1 Å². The van der Waals surface area contributed by atoms with Crippen LogP contribution in [0.25, 0.3) is 11.1 Å². The van der Waals surface area contributed by atoms with Crippen LogP contribution in [0.4, 0.5) is 11.6 Å². The number of aromatic nitrogens is 8. The maximum Gasteiger partial charge on any atom is 0.257 e. The fraction of sp³-hybridized carbons (Fsp3) is 0.583.